The summed E-state index contributed by atoms with van der Waals surface area (Å²) in [5.74, 6) is -0.0858. The van der Waals surface area contributed by atoms with Crippen molar-refractivity contribution < 1.29 is 9.90 Å². The third kappa shape index (κ3) is 6.44. The van der Waals surface area contributed by atoms with E-state index in [4.69, 9.17) is 0 Å². The first-order chi connectivity index (χ1) is 16.0. The van der Waals surface area contributed by atoms with E-state index in [2.05, 4.69) is 18.9 Å². The molecule has 0 spiro atoms. The average Bonchev–Trinajstić information content (AvgIpc) is 3.12. The van der Waals surface area contributed by atoms with Gasteiger partial charge in [0.15, 0.2) is 0 Å². The van der Waals surface area contributed by atoms with Crippen LogP contribution in [0.3, 0.4) is 0 Å². The topological polar surface area (TPSA) is 77.1 Å². The van der Waals surface area contributed by atoms with Gasteiger partial charge in [0.2, 0.25) is 0 Å². The molecule has 0 aliphatic carbocycles. The maximum Gasteiger partial charge on any atom is 0.346 e. The minimum atomic E-state index is -0.940. The van der Waals surface area contributed by atoms with Crippen LogP contribution in [0.4, 0.5) is 0 Å². The minimum absolute atomic E-state index is 0.0445. The zero-order chi connectivity index (χ0) is 23.6. The second-order valence-electron chi connectivity index (χ2n) is 8.57. The van der Waals surface area contributed by atoms with Crippen LogP contribution in [-0.4, -0.2) is 25.4 Å². The van der Waals surface area contributed by atoms with E-state index < -0.39 is 5.97 Å². The maximum atomic E-state index is 13.1. The molecule has 0 saturated carbocycles. The van der Waals surface area contributed by atoms with E-state index in [1.54, 1.807) is 21.4 Å². The highest BCUT2D eigenvalue weighted by molar-refractivity contribution is 5.95. The van der Waals surface area contributed by atoms with E-state index >= 15 is 0 Å². The minimum Gasteiger partial charge on any atom is -0.478 e. The van der Waals surface area contributed by atoms with Gasteiger partial charge in [-0.1, -0.05) is 88.4 Å². The molecule has 0 aliphatic heterocycles. The van der Waals surface area contributed by atoms with Crippen molar-refractivity contribution in [3.63, 3.8) is 0 Å². The number of nitrogens with zero attached hydrogens (tertiary/aromatic N) is 3. The fourth-order valence-corrected chi connectivity index (χ4v) is 4.09. The van der Waals surface area contributed by atoms with E-state index in [1.807, 2.05) is 36.4 Å². The van der Waals surface area contributed by atoms with Crippen molar-refractivity contribution in [1.82, 2.24) is 14.3 Å². The van der Waals surface area contributed by atoms with Crippen LogP contribution in [0.15, 0.2) is 53.3 Å². The first kappa shape index (κ1) is 24.5. The van der Waals surface area contributed by atoms with Gasteiger partial charge in [0.25, 0.3) is 0 Å². The highest BCUT2D eigenvalue weighted by atomic mass is 16.4. The average molecular weight is 450 g/mol. The summed E-state index contributed by atoms with van der Waals surface area (Å²) < 4.78 is 3.43. The molecule has 0 fully saturated rings. The van der Waals surface area contributed by atoms with Crippen molar-refractivity contribution in [2.45, 2.75) is 78.3 Å². The largest absolute Gasteiger partial charge is 0.478 e. The highest BCUT2D eigenvalue weighted by Gasteiger charge is 2.14. The van der Waals surface area contributed by atoms with Gasteiger partial charge in [-0.25, -0.2) is 14.3 Å². The van der Waals surface area contributed by atoms with Gasteiger partial charge in [-0.05, 0) is 35.6 Å². The molecule has 6 nitrogen and oxygen atoms in total. The molecule has 0 amide bonds. The van der Waals surface area contributed by atoms with Crippen LogP contribution in [0.2, 0.25) is 0 Å². The van der Waals surface area contributed by atoms with Crippen molar-refractivity contribution in [3.05, 3.63) is 76.0 Å². The van der Waals surface area contributed by atoms with Crippen LogP contribution in [0, 0.1) is 0 Å². The lowest BCUT2D eigenvalue weighted by molar-refractivity contribution is 0.0697. The van der Waals surface area contributed by atoms with Crippen LogP contribution in [0.1, 0.15) is 80.5 Å². The first-order valence-corrected chi connectivity index (χ1v) is 12.1. The molecule has 176 valence electrons. The molecule has 0 saturated heterocycles. The fourth-order valence-electron chi connectivity index (χ4n) is 4.09. The molecule has 2 aromatic carbocycles. The van der Waals surface area contributed by atoms with Crippen LogP contribution >= 0.6 is 0 Å². The number of aromatic nitrogens is 3. The Morgan fingerprint density at radius 2 is 1.61 bits per heavy atom. The molecule has 1 aromatic heterocycles. The number of aromatic carboxylic acids is 1. The smallest absolute Gasteiger partial charge is 0.346 e. The number of carbonyl (C=O) groups is 1. The predicted molar refractivity (Wildman–Crippen MR) is 132 cm³/mol. The normalized spacial score (nSPS) is 11.1. The Labute approximate surface area is 195 Å². The Hall–Kier alpha value is -3.15. The van der Waals surface area contributed by atoms with Crippen LogP contribution < -0.4 is 5.69 Å². The number of rotatable bonds is 13. The summed E-state index contributed by atoms with van der Waals surface area (Å²) in [6.45, 7) is 5.47. The van der Waals surface area contributed by atoms with Gasteiger partial charge in [0.05, 0.1) is 12.1 Å². The van der Waals surface area contributed by atoms with Gasteiger partial charge in [-0.15, -0.1) is 0 Å². The van der Waals surface area contributed by atoms with Crippen LogP contribution in [0.25, 0.3) is 11.1 Å². The molecule has 3 rings (SSSR count). The van der Waals surface area contributed by atoms with Crippen molar-refractivity contribution >= 4 is 5.97 Å². The Bertz CT molecular complexity index is 1100. The Morgan fingerprint density at radius 3 is 2.30 bits per heavy atom. The zero-order valence-electron chi connectivity index (χ0n) is 19.8. The molecule has 0 bridgehead atoms. The van der Waals surface area contributed by atoms with Crippen molar-refractivity contribution in [2.24, 2.45) is 0 Å². The van der Waals surface area contributed by atoms with Gasteiger partial charge in [-0.3, -0.25) is 4.57 Å². The third-order valence-corrected chi connectivity index (χ3v) is 5.99. The Kier molecular flexibility index (Phi) is 9.04. The molecule has 1 heterocycles. The van der Waals surface area contributed by atoms with Gasteiger partial charge >= 0.3 is 11.7 Å². The molecule has 0 atom stereocenters. The second kappa shape index (κ2) is 12.2. The standard InChI is InChI=1S/C27H35N3O3/c1-3-5-7-8-14-25-28-30(19-11-6-4-2)27(33)29(25)20-21-15-17-22(18-16-21)23-12-9-10-13-24(23)26(31)32/h9-10,12-13,15-18H,3-8,11,14,19-20H2,1-2H3,(H,31,32). The highest BCUT2D eigenvalue weighted by Crippen LogP contribution is 2.24. The molecule has 0 unspecified atom stereocenters. The van der Waals surface area contributed by atoms with Crippen LogP contribution in [0.5, 0.6) is 0 Å². The monoisotopic (exact) mass is 449 g/mol. The number of carboxylic acids is 1. The van der Waals surface area contributed by atoms with E-state index in [9.17, 15) is 14.7 Å². The predicted octanol–water partition coefficient (Wildman–Crippen LogP) is 5.77. The first-order valence-electron chi connectivity index (χ1n) is 12.1. The lowest BCUT2D eigenvalue weighted by Crippen LogP contribution is -2.26. The summed E-state index contributed by atoms with van der Waals surface area (Å²) >= 11 is 0. The van der Waals surface area contributed by atoms with Gasteiger partial charge < -0.3 is 5.11 Å². The van der Waals surface area contributed by atoms with E-state index in [0.29, 0.717) is 18.7 Å². The number of benzene rings is 2. The van der Waals surface area contributed by atoms with Gasteiger partial charge in [0.1, 0.15) is 5.82 Å². The number of hydrogen-bond donors (Lipinski definition) is 1. The molecule has 6 heteroatoms. The second-order valence-corrected chi connectivity index (χ2v) is 8.57. The summed E-state index contributed by atoms with van der Waals surface area (Å²) in [5, 5.41) is 14.1. The van der Waals surface area contributed by atoms with Crippen molar-refractivity contribution in [1.29, 1.82) is 0 Å². The number of hydrogen-bond acceptors (Lipinski definition) is 3. The lowest BCUT2D eigenvalue weighted by Gasteiger charge is -2.09. The maximum absolute atomic E-state index is 13.1. The molecule has 0 aliphatic rings. The van der Waals surface area contributed by atoms with E-state index in [-0.39, 0.29) is 11.3 Å². The number of carboxylic acid groups (broad SMARTS) is 1. The van der Waals surface area contributed by atoms with Gasteiger partial charge in [-0.2, -0.15) is 5.10 Å². The number of unbranched alkanes of at least 4 members (excludes halogenated alkanes) is 5. The zero-order valence-corrected chi connectivity index (χ0v) is 19.8. The summed E-state index contributed by atoms with van der Waals surface area (Å²) in [4.78, 5) is 24.6. The quantitative estimate of drug-likeness (QED) is 0.336. The molecule has 0 radical (unpaired) electrons. The molecular formula is C27H35N3O3. The SMILES string of the molecule is CCCCCCc1nn(CCCCC)c(=O)n1Cc1ccc(-c2ccccc2C(=O)O)cc1. The summed E-state index contributed by atoms with van der Waals surface area (Å²) in [5.41, 5.74) is 2.77. The van der Waals surface area contributed by atoms with Crippen molar-refractivity contribution in [2.75, 3.05) is 0 Å². The third-order valence-electron chi connectivity index (χ3n) is 5.99. The van der Waals surface area contributed by atoms with E-state index in [1.165, 1.54) is 12.8 Å². The van der Waals surface area contributed by atoms with E-state index in [0.717, 1.165) is 55.5 Å². The summed E-state index contributed by atoms with van der Waals surface area (Å²) in [6.07, 6.45) is 8.51. The van der Waals surface area contributed by atoms with Crippen molar-refractivity contribution in [3.8, 4) is 11.1 Å². The molecular weight excluding hydrogens is 414 g/mol. The fraction of sp³-hybridized carbons (Fsp3) is 0.444. The Morgan fingerprint density at radius 1 is 0.909 bits per heavy atom. The molecule has 1 N–H and O–H groups in total. The summed E-state index contributed by atoms with van der Waals surface area (Å²) in [7, 11) is 0. The number of aryl methyl sites for hydroxylation is 2. The van der Waals surface area contributed by atoms with Crippen LogP contribution in [-0.2, 0) is 19.5 Å². The Balaban J connectivity index is 1.82. The summed E-state index contributed by atoms with van der Waals surface area (Å²) in [6, 6.07) is 14.8. The molecule has 33 heavy (non-hydrogen) atoms. The van der Waals surface area contributed by atoms with Gasteiger partial charge in [0, 0.05) is 13.0 Å². The lowest BCUT2D eigenvalue weighted by atomic mass is 9.99. The molecule has 3 aromatic rings.